The van der Waals surface area contributed by atoms with Crippen molar-refractivity contribution in [3.63, 3.8) is 0 Å². The number of nitrogens with one attached hydrogen (secondary N) is 1. The van der Waals surface area contributed by atoms with Crippen LogP contribution >= 0.6 is 11.3 Å². The number of fused-ring (bicyclic) bond motifs is 1. The third-order valence-electron chi connectivity index (χ3n) is 4.33. The first-order chi connectivity index (χ1) is 12.5. The fraction of sp³-hybridized carbons (Fsp3) is 0.235. The number of nitrogens with two attached hydrogens (primary N) is 1. The van der Waals surface area contributed by atoms with E-state index < -0.39 is 6.09 Å². The van der Waals surface area contributed by atoms with Gasteiger partial charge in [0.15, 0.2) is 0 Å². The molecule has 7 nitrogen and oxygen atoms in total. The van der Waals surface area contributed by atoms with Crippen molar-refractivity contribution in [1.82, 2.24) is 15.3 Å². The second-order valence-electron chi connectivity index (χ2n) is 6.12. The molecule has 0 aliphatic carbocycles. The molecule has 3 aromatic rings. The maximum Gasteiger partial charge on any atom is 0.404 e. The van der Waals surface area contributed by atoms with E-state index in [0.29, 0.717) is 25.3 Å². The SMILES string of the molecule is Nc1nc(N2CCC(NC(=O)O)C2)c2cc(-c3ccc(F)cc3)sc2n1. The lowest BCUT2D eigenvalue weighted by Crippen LogP contribution is -2.36. The Balaban J connectivity index is 1.71. The maximum atomic E-state index is 13.2. The number of hydrogen-bond donors (Lipinski definition) is 3. The number of rotatable bonds is 3. The van der Waals surface area contributed by atoms with E-state index in [0.717, 1.165) is 20.7 Å². The largest absolute Gasteiger partial charge is 0.465 e. The van der Waals surface area contributed by atoms with Gasteiger partial charge in [0, 0.05) is 18.0 Å². The van der Waals surface area contributed by atoms with E-state index >= 15 is 0 Å². The van der Waals surface area contributed by atoms with Crippen LogP contribution < -0.4 is 16.0 Å². The molecule has 0 radical (unpaired) electrons. The molecule has 26 heavy (non-hydrogen) atoms. The molecule has 4 N–H and O–H groups in total. The number of carbonyl (C=O) groups is 1. The molecule has 1 saturated heterocycles. The predicted octanol–water partition coefficient (Wildman–Crippen LogP) is 2.93. The summed E-state index contributed by atoms with van der Waals surface area (Å²) in [6, 6.07) is 8.11. The van der Waals surface area contributed by atoms with Crippen molar-refractivity contribution in [2.24, 2.45) is 0 Å². The van der Waals surface area contributed by atoms with Crippen molar-refractivity contribution < 1.29 is 14.3 Å². The van der Waals surface area contributed by atoms with E-state index in [1.54, 1.807) is 12.1 Å². The molecule has 2 aromatic heterocycles. The molecule has 0 saturated carbocycles. The molecule has 3 heterocycles. The zero-order chi connectivity index (χ0) is 18.3. The molecule has 1 unspecified atom stereocenters. The summed E-state index contributed by atoms with van der Waals surface area (Å²) in [5.74, 6) is 0.593. The van der Waals surface area contributed by atoms with Crippen LogP contribution in [0.1, 0.15) is 6.42 Å². The third kappa shape index (κ3) is 3.13. The zero-order valence-electron chi connectivity index (χ0n) is 13.6. The Labute approximate surface area is 152 Å². The van der Waals surface area contributed by atoms with Gasteiger partial charge in [0.25, 0.3) is 0 Å². The fourth-order valence-electron chi connectivity index (χ4n) is 3.16. The van der Waals surface area contributed by atoms with E-state index in [9.17, 15) is 9.18 Å². The highest BCUT2D eigenvalue weighted by Crippen LogP contribution is 2.37. The Hall–Kier alpha value is -2.94. The van der Waals surface area contributed by atoms with Crippen LogP contribution in [0.2, 0.25) is 0 Å². The molecule has 134 valence electrons. The first kappa shape index (κ1) is 16.5. The summed E-state index contributed by atoms with van der Waals surface area (Å²) in [5, 5.41) is 12.3. The van der Waals surface area contributed by atoms with Gasteiger partial charge in [-0.3, -0.25) is 0 Å². The van der Waals surface area contributed by atoms with Crippen LogP contribution in [0.5, 0.6) is 0 Å². The number of halogens is 1. The van der Waals surface area contributed by atoms with E-state index in [2.05, 4.69) is 15.3 Å². The molecule has 1 aliphatic heterocycles. The van der Waals surface area contributed by atoms with Crippen LogP contribution in [0.3, 0.4) is 0 Å². The van der Waals surface area contributed by atoms with Gasteiger partial charge in [0.1, 0.15) is 16.5 Å². The van der Waals surface area contributed by atoms with E-state index in [1.807, 2.05) is 11.0 Å². The van der Waals surface area contributed by atoms with Gasteiger partial charge in [-0.05, 0) is 30.2 Å². The number of thiophene rings is 1. The Bertz CT molecular complexity index is 975. The highest BCUT2D eigenvalue weighted by molar-refractivity contribution is 7.22. The van der Waals surface area contributed by atoms with Crippen LogP contribution in [0.15, 0.2) is 30.3 Å². The Morgan fingerprint density at radius 2 is 2.12 bits per heavy atom. The first-order valence-electron chi connectivity index (χ1n) is 8.07. The molecule has 0 bridgehead atoms. The summed E-state index contributed by atoms with van der Waals surface area (Å²) < 4.78 is 13.2. The van der Waals surface area contributed by atoms with Gasteiger partial charge in [-0.2, -0.15) is 4.98 Å². The lowest BCUT2D eigenvalue weighted by atomic mass is 10.2. The van der Waals surface area contributed by atoms with Gasteiger partial charge >= 0.3 is 6.09 Å². The minimum Gasteiger partial charge on any atom is -0.465 e. The minimum atomic E-state index is -1.03. The van der Waals surface area contributed by atoms with E-state index in [-0.39, 0.29) is 17.8 Å². The Morgan fingerprint density at radius 1 is 1.35 bits per heavy atom. The number of amides is 1. The number of nitrogen functional groups attached to an aromatic ring is 1. The average molecular weight is 373 g/mol. The number of aromatic nitrogens is 2. The predicted molar refractivity (Wildman–Crippen MR) is 99.0 cm³/mol. The van der Waals surface area contributed by atoms with Gasteiger partial charge in [0.2, 0.25) is 5.95 Å². The van der Waals surface area contributed by atoms with Gasteiger partial charge in [0.05, 0.1) is 11.4 Å². The summed E-state index contributed by atoms with van der Waals surface area (Å²) >= 11 is 1.46. The highest BCUT2D eigenvalue weighted by atomic mass is 32.1. The molecule has 0 spiro atoms. The van der Waals surface area contributed by atoms with Crippen molar-refractivity contribution >= 4 is 39.4 Å². The summed E-state index contributed by atoms with van der Waals surface area (Å²) in [4.78, 5) is 23.3. The molecular weight excluding hydrogens is 357 g/mol. The number of hydrogen-bond acceptors (Lipinski definition) is 6. The van der Waals surface area contributed by atoms with Crippen LogP contribution in [0, 0.1) is 5.82 Å². The second kappa shape index (κ2) is 6.41. The molecule has 1 amide bonds. The van der Waals surface area contributed by atoms with E-state index in [1.165, 1.54) is 23.5 Å². The van der Waals surface area contributed by atoms with Gasteiger partial charge in [-0.25, -0.2) is 14.2 Å². The monoisotopic (exact) mass is 373 g/mol. The van der Waals surface area contributed by atoms with Crippen molar-refractivity contribution in [2.75, 3.05) is 23.7 Å². The topological polar surface area (TPSA) is 104 Å². The number of carboxylic acid groups (broad SMARTS) is 1. The maximum absolute atomic E-state index is 13.2. The van der Waals surface area contributed by atoms with Gasteiger partial charge < -0.3 is 21.1 Å². The molecule has 1 fully saturated rings. The summed E-state index contributed by atoms with van der Waals surface area (Å²) in [6.07, 6.45) is -0.328. The van der Waals surface area contributed by atoms with Crippen LogP contribution in [0.25, 0.3) is 20.7 Å². The smallest absolute Gasteiger partial charge is 0.404 e. The normalized spacial score (nSPS) is 17.0. The third-order valence-corrected chi connectivity index (χ3v) is 5.41. The zero-order valence-corrected chi connectivity index (χ0v) is 14.5. The van der Waals surface area contributed by atoms with E-state index in [4.69, 9.17) is 10.8 Å². The van der Waals surface area contributed by atoms with Crippen molar-refractivity contribution in [3.05, 3.63) is 36.1 Å². The second-order valence-corrected chi connectivity index (χ2v) is 7.15. The number of benzene rings is 1. The lowest BCUT2D eigenvalue weighted by molar-refractivity contribution is 0.191. The summed E-state index contributed by atoms with van der Waals surface area (Å²) in [5.41, 5.74) is 6.77. The Morgan fingerprint density at radius 3 is 2.85 bits per heavy atom. The van der Waals surface area contributed by atoms with Crippen LogP contribution in [0.4, 0.5) is 21.0 Å². The first-order valence-corrected chi connectivity index (χ1v) is 8.88. The summed E-state index contributed by atoms with van der Waals surface area (Å²) in [7, 11) is 0. The molecular formula is C17H16FN5O2S. The lowest BCUT2D eigenvalue weighted by Gasteiger charge is -2.18. The molecule has 4 rings (SSSR count). The quantitative estimate of drug-likeness (QED) is 0.652. The van der Waals surface area contributed by atoms with Gasteiger partial charge in [-0.15, -0.1) is 11.3 Å². The fourth-order valence-corrected chi connectivity index (χ4v) is 4.20. The van der Waals surface area contributed by atoms with Crippen LogP contribution in [-0.4, -0.2) is 40.3 Å². The molecule has 1 aromatic carbocycles. The highest BCUT2D eigenvalue weighted by Gasteiger charge is 2.27. The van der Waals surface area contributed by atoms with Gasteiger partial charge in [-0.1, -0.05) is 12.1 Å². The number of anilines is 2. The Kier molecular flexibility index (Phi) is 4.08. The molecule has 1 atom stereocenters. The molecule has 1 aliphatic rings. The van der Waals surface area contributed by atoms with Crippen molar-refractivity contribution in [1.29, 1.82) is 0 Å². The standard InChI is InChI=1S/C17H16FN5O2S/c18-10-3-1-9(2-4-10)13-7-12-14(21-16(19)22-15(12)26-13)23-6-5-11(8-23)20-17(24)25/h1-4,7,11,20H,5-6,8H2,(H,24,25)(H2,19,21,22). The average Bonchev–Trinajstić information content (AvgIpc) is 3.21. The van der Waals surface area contributed by atoms with Crippen molar-refractivity contribution in [3.8, 4) is 10.4 Å². The summed E-state index contributed by atoms with van der Waals surface area (Å²) in [6.45, 7) is 1.21. The van der Waals surface area contributed by atoms with Crippen LogP contribution in [-0.2, 0) is 0 Å². The van der Waals surface area contributed by atoms with Crippen molar-refractivity contribution in [2.45, 2.75) is 12.5 Å². The minimum absolute atomic E-state index is 0.144. The number of nitrogens with zero attached hydrogens (tertiary/aromatic N) is 3. The molecule has 9 heteroatoms.